The first-order valence-corrected chi connectivity index (χ1v) is 14.8. The number of rotatable bonds is 10. The van der Waals surface area contributed by atoms with Crippen molar-refractivity contribution in [2.24, 2.45) is 5.41 Å². The van der Waals surface area contributed by atoms with Gasteiger partial charge in [0.2, 0.25) is 0 Å². The molecule has 0 spiro atoms. The van der Waals surface area contributed by atoms with Crippen molar-refractivity contribution in [1.82, 2.24) is 14.6 Å². The number of alkyl halides is 1. The van der Waals surface area contributed by atoms with Crippen LogP contribution in [0, 0.1) is 12.3 Å². The lowest BCUT2D eigenvalue weighted by Crippen LogP contribution is -2.37. The molecule has 222 valence electrons. The third kappa shape index (κ3) is 7.71. The molecule has 3 aromatic rings. The van der Waals surface area contributed by atoms with Crippen molar-refractivity contribution in [3.8, 4) is 5.75 Å². The molecule has 41 heavy (non-hydrogen) atoms. The summed E-state index contributed by atoms with van der Waals surface area (Å²) < 4.78 is 52.8. The van der Waals surface area contributed by atoms with E-state index >= 15 is 4.39 Å². The number of halogens is 1. The fraction of sp³-hybridized carbons (Fsp3) is 0.464. The van der Waals surface area contributed by atoms with Crippen molar-refractivity contribution >= 4 is 24.5 Å². The van der Waals surface area contributed by atoms with Gasteiger partial charge < -0.3 is 14.0 Å². The van der Waals surface area contributed by atoms with Crippen LogP contribution in [-0.4, -0.2) is 47.1 Å². The first-order chi connectivity index (χ1) is 19.2. The number of carbonyl (C=O) groups excluding carboxylic acids is 1. The van der Waals surface area contributed by atoms with Crippen molar-refractivity contribution < 1.29 is 32.3 Å². The fourth-order valence-corrected chi connectivity index (χ4v) is 5.70. The van der Waals surface area contributed by atoms with Crippen LogP contribution in [-0.2, 0) is 23.4 Å². The van der Waals surface area contributed by atoms with E-state index < -0.39 is 56.1 Å². The van der Waals surface area contributed by atoms with Crippen molar-refractivity contribution in [3.63, 3.8) is 0 Å². The number of hydrogen-bond donors (Lipinski definition) is 2. The maximum absolute atomic E-state index is 15.0. The highest BCUT2D eigenvalue weighted by Crippen LogP contribution is 2.47. The molecule has 1 aliphatic heterocycles. The standard InChI is InChI=1S/C28H35FN3O8P/c1-17-14-32(27(35)30-25(17)33)24-13-21(29)23(39-24)15-38-41(36,31-18(2)26(34)37-16-28(3,4)5)40-22-12-8-10-19-9-6-7-11-20(19)22/h6-12,14,18,21,23-24H,13,15-16H2,1-5H3,(H,31,36)(H,30,33,35)/t18-,21-,23+,24+,41?/m0/s1. The molecule has 0 amide bonds. The second-order valence-corrected chi connectivity index (χ2v) is 12.9. The molecule has 0 saturated carbocycles. The molecule has 5 atom stereocenters. The smallest absolute Gasteiger partial charge is 0.459 e. The van der Waals surface area contributed by atoms with Gasteiger partial charge in [-0.1, -0.05) is 57.2 Å². The molecule has 0 aliphatic carbocycles. The third-order valence-corrected chi connectivity index (χ3v) is 7.98. The van der Waals surface area contributed by atoms with Crippen LogP contribution in [0.15, 0.2) is 58.3 Å². The summed E-state index contributed by atoms with van der Waals surface area (Å²) in [6.07, 6.45) is -2.72. The molecule has 2 N–H and O–H groups in total. The average Bonchev–Trinajstić information content (AvgIpc) is 3.28. The van der Waals surface area contributed by atoms with Gasteiger partial charge in [0.05, 0.1) is 13.2 Å². The largest absolute Gasteiger partial charge is 0.464 e. The van der Waals surface area contributed by atoms with E-state index in [1.807, 2.05) is 39.0 Å². The minimum atomic E-state index is -4.33. The Morgan fingerprint density at radius 3 is 2.66 bits per heavy atom. The lowest BCUT2D eigenvalue weighted by molar-refractivity contribution is -0.148. The van der Waals surface area contributed by atoms with Gasteiger partial charge in [-0.05, 0) is 30.7 Å². The third-order valence-electron chi connectivity index (χ3n) is 6.35. The molecule has 1 aromatic heterocycles. The van der Waals surface area contributed by atoms with Gasteiger partial charge in [0.25, 0.3) is 5.56 Å². The van der Waals surface area contributed by atoms with E-state index in [1.54, 1.807) is 24.3 Å². The average molecular weight is 592 g/mol. The molecule has 0 bridgehead atoms. The van der Waals surface area contributed by atoms with Gasteiger partial charge in [-0.3, -0.25) is 23.7 Å². The molecule has 4 rings (SSSR count). The van der Waals surface area contributed by atoms with E-state index in [9.17, 15) is 18.9 Å². The predicted octanol–water partition coefficient (Wildman–Crippen LogP) is 4.39. The van der Waals surface area contributed by atoms with Crippen LogP contribution in [0.4, 0.5) is 4.39 Å². The first kappa shape index (κ1) is 30.6. The number of fused-ring (bicyclic) bond motifs is 1. The topological polar surface area (TPSA) is 138 Å². The van der Waals surface area contributed by atoms with Crippen LogP contribution in [0.3, 0.4) is 0 Å². The molecular weight excluding hydrogens is 556 g/mol. The van der Waals surface area contributed by atoms with Crippen LogP contribution in [0.25, 0.3) is 10.8 Å². The van der Waals surface area contributed by atoms with Crippen LogP contribution >= 0.6 is 7.75 Å². The van der Waals surface area contributed by atoms with Crippen molar-refractivity contribution in [2.75, 3.05) is 13.2 Å². The van der Waals surface area contributed by atoms with Crippen LogP contribution in [0.2, 0.25) is 0 Å². The number of ether oxygens (including phenoxy) is 2. The Kier molecular flexibility index (Phi) is 9.18. The number of aryl methyl sites for hydroxylation is 1. The zero-order chi connectivity index (χ0) is 29.9. The first-order valence-electron chi connectivity index (χ1n) is 13.2. The molecule has 2 aromatic carbocycles. The Hall–Kier alpha value is -3.31. The van der Waals surface area contributed by atoms with E-state index in [4.69, 9.17) is 18.5 Å². The van der Waals surface area contributed by atoms with Crippen molar-refractivity contribution in [3.05, 3.63) is 75.1 Å². The summed E-state index contributed by atoms with van der Waals surface area (Å²) in [5.41, 5.74) is -1.32. The van der Waals surface area contributed by atoms with Gasteiger partial charge in [0.15, 0.2) is 0 Å². The lowest BCUT2D eigenvalue weighted by Gasteiger charge is -2.26. The molecule has 13 heteroatoms. The number of nitrogens with one attached hydrogen (secondary N) is 2. The van der Waals surface area contributed by atoms with E-state index in [0.29, 0.717) is 5.39 Å². The maximum Gasteiger partial charge on any atom is 0.459 e. The van der Waals surface area contributed by atoms with E-state index in [0.717, 1.165) is 9.95 Å². The Balaban J connectivity index is 1.54. The Labute approximate surface area is 236 Å². The van der Waals surface area contributed by atoms with E-state index in [2.05, 4.69) is 10.1 Å². The van der Waals surface area contributed by atoms with Gasteiger partial charge in [-0.15, -0.1) is 0 Å². The van der Waals surface area contributed by atoms with Gasteiger partial charge in [-0.2, -0.15) is 5.09 Å². The molecule has 1 unspecified atom stereocenters. The fourth-order valence-electron chi connectivity index (χ4n) is 4.18. The zero-order valence-electron chi connectivity index (χ0n) is 23.6. The molecule has 1 fully saturated rings. The molecular formula is C28H35FN3O8P. The molecule has 2 heterocycles. The van der Waals surface area contributed by atoms with Crippen LogP contribution in [0.5, 0.6) is 5.75 Å². The molecule has 1 saturated heterocycles. The lowest BCUT2D eigenvalue weighted by atomic mass is 9.99. The summed E-state index contributed by atoms with van der Waals surface area (Å²) in [6.45, 7) is 8.29. The van der Waals surface area contributed by atoms with Gasteiger partial charge in [-0.25, -0.2) is 13.8 Å². The van der Waals surface area contributed by atoms with Crippen molar-refractivity contribution in [1.29, 1.82) is 0 Å². The normalized spacial score (nSPS) is 21.4. The summed E-state index contributed by atoms with van der Waals surface area (Å²) in [7, 11) is -4.33. The number of nitrogens with zero attached hydrogens (tertiary/aromatic N) is 1. The van der Waals surface area contributed by atoms with Gasteiger partial charge >= 0.3 is 19.4 Å². The number of benzene rings is 2. The molecule has 11 nitrogen and oxygen atoms in total. The number of aromatic amines is 1. The number of esters is 1. The summed E-state index contributed by atoms with van der Waals surface area (Å²) in [4.78, 5) is 38.8. The second kappa shape index (κ2) is 12.3. The molecule has 0 radical (unpaired) electrons. The summed E-state index contributed by atoms with van der Waals surface area (Å²) in [6, 6.07) is 11.4. The van der Waals surface area contributed by atoms with Crippen LogP contribution in [0.1, 0.15) is 45.9 Å². The highest BCUT2D eigenvalue weighted by Gasteiger charge is 2.40. The maximum atomic E-state index is 15.0. The minimum Gasteiger partial charge on any atom is -0.464 e. The monoisotopic (exact) mass is 591 g/mol. The van der Waals surface area contributed by atoms with Crippen LogP contribution < -0.4 is 20.9 Å². The van der Waals surface area contributed by atoms with Gasteiger partial charge in [0.1, 0.15) is 30.3 Å². The highest BCUT2D eigenvalue weighted by atomic mass is 31.2. The highest BCUT2D eigenvalue weighted by molar-refractivity contribution is 7.52. The predicted molar refractivity (Wildman–Crippen MR) is 151 cm³/mol. The molecule has 1 aliphatic rings. The number of carbonyl (C=O) groups is 1. The van der Waals surface area contributed by atoms with E-state index in [1.165, 1.54) is 20.0 Å². The van der Waals surface area contributed by atoms with Gasteiger partial charge in [0, 0.05) is 23.6 Å². The number of H-pyrrole nitrogens is 1. The van der Waals surface area contributed by atoms with Crippen molar-refractivity contribution in [2.45, 2.75) is 65.6 Å². The minimum absolute atomic E-state index is 0.137. The quantitative estimate of drug-likeness (QED) is 0.260. The number of aromatic nitrogens is 2. The number of hydrogen-bond acceptors (Lipinski definition) is 8. The second-order valence-electron chi connectivity index (χ2n) is 11.2. The zero-order valence-corrected chi connectivity index (χ0v) is 24.5. The Morgan fingerprint density at radius 2 is 1.93 bits per heavy atom. The Morgan fingerprint density at radius 1 is 1.22 bits per heavy atom. The summed E-state index contributed by atoms with van der Waals surface area (Å²) in [5.74, 6) is -0.440. The van der Waals surface area contributed by atoms with E-state index in [-0.39, 0.29) is 29.8 Å². The Bertz CT molecular complexity index is 1560. The SMILES string of the molecule is Cc1cn([C@H]2C[C@H](F)[C@@H](COP(=O)(N[C@@H](C)C(=O)OCC(C)(C)C)Oc3cccc4ccccc34)O2)c(=O)[nH]c1=O. The summed E-state index contributed by atoms with van der Waals surface area (Å²) in [5, 5.41) is 4.08. The summed E-state index contributed by atoms with van der Waals surface area (Å²) >= 11 is 0.